The summed E-state index contributed by atoms with van der Waals surface area (Å²) in [5, 5.41) is 3.22. The maximum absolute atomic E-state index is 12.0. The van der Waals surface area contributed by atoms with Crippen molar-refractivity contribution in [2.75, 3.05) is 12.4 Å². The number of fused-ring (bicyclic) bond motifs is 1. The van der Waals surface area contributed by atoms with E-state index in [1.54, 1.807) is 7.11 Å². The highest BCUT2D eigenvalue weighted by atomic mass is 16.5. The van der Waals surface area contributed by atoms with E-state index in [9.17, 15) is 4.79 Å². The summed E-state index contributed by atoms with van der Waals surface area (Å²) in [5.74, 6) is 0.651. The zero-order valence-corrected chi connectivity index (χ0v) is 14.0. The lowest BCUT2D eigenvalue weighted by atomic mass is 9.95. The molecule has 5 nitrogen and oxygen atoms in total. The Morgan fingerprint density at radius 3 is 2.83 bits per heavy atom. The van der Waals surface area contributed by atoms with Crippen molar-refractivity contribution in [2.24, 2.45) is 0 Å². The molecule has 0 aromatic carbocycles. The van der Waals surface area contributed by atoms with Gasteiger partial charge in [0.15, 0.2) is 0 Å². The van der Waals surface area contributed by atoms with E-state index in [-0.39, 0.29) is 5.56 Å². The van der Waals surface area contributed by atoms with Crippen molar-refractivity contribution < 1.29 is 4.74 Å². The summed E-state index contributed by atoms with van der Waals surface area (Å²) < 4.78 is 5.44. The third kappa shape index (κ3) is 3.23. The number of hydrogen-bond acceptors (Lipinski definition) is 4. The number of hydrogen-bond donors (Lipinski definition) is 2. The van der Waals surface area contributed by atoms with Crippen LogP contribution < -0.4 is 15.6 Å². The molecular weight excluding hydrogens is 290 g/mol. The molecule has 1 aliphatic carbocycles. The van der Waals surface area contributed by atoms with Crippen LogP contribution in [0.3, 0.4) is 0 Å². The normalized spacial score (nSPS) is 13.5. The van der Waals surface area contributed by atoms with Crippen LogP contribution in [0.25, 0.3) is 0 Å². The van der Waals surface area contributed by atoms with Gasteiger partial charge in [-0.25, -0.2) is 4.98 Å². The van der Waals surface area contributed by atoms with E-state index >= 15 is 0 Å². The van der Waals surface area contributed by atoms with Gasteiger partial charge in [0, 0.05) is 23.5 Å². The minimum absolute atomic E-state index is 0.0991. The number of ether oxygens (including phenoxy) is 1. The smallest absolute Gasteiger partial charge is 0.271 e. The van der Waals surface area contributed by atoms with Crippen LogP contribution in [-0.4, -0.2) is 17.1 Å². The van der Waals surface area contributed by atoms with Crippen molar-refractivity contribution in [3.8, 4) is 5.88 Å². The first kappa shape index (κ1) is 15.6. The molecular formula is C18H23N3O2. The number of H-pyrrole nitrogens is 1. The van der Waals surface area contributed by atoms with Gasteiger partial charge in [-0.3, -0.25) is 4.79 Å². The van der Waals surface area contributed by atoms with E-state index in [2.05, 4.69) is 21.4 Å². The van der Waals surface area contributed by atoms with E-state index in [0.29, 0.717) is 18.1 Å². The van der Waals surface area contributed by atoms with Crippen LogP contribution in [0.4, 0.5) is 5.69 Å². The second-order valence-corrected chi connectivity index (χ2v) is 6.14. The first-order chi connectivity index (χ1) is 11.1. The molecule has 0 atom stereocenters. The summed E-state index contributed by atoms with van der Waals surface area (Å²) >= 11 is 0. The van der Waals surface area contributed by atoms with E-state index in [1.165, 1.54) is 18.4 Å². The maximum atomic E-state index is 12.0. The fourth-order valence-corrected chi connectivity index (χ4v) is 3.01. The lowest BCUT2D eigenvalue weighted by Crippen LogP contribution is -2.17. The average Bonchev–Trinajstić information content (AvgIpc) is 2.56. The van der Waals surface area contributed by atoms with Gasteiger partial charge in [-0.15, -0.1) is 0 Å². The highest BCUT2D eigenvalue weighted by Crippen LogP contribution is 2.26. The molecule has 0 radical (unpaired) electrons. The van der Waals surface area contributed by atoms with Crippen LogP contribution in [0.2, 0.25) is 0 Å². The highest BCUT2D eigenvalue weighted by Gasteiger charge is 2.15. The fourth-order valence-electron chi connectivity index (χ4n) is 3.01. The van der Waals surface area contributed by atoms with Crippen LogP contribution in [0.15, 0.2) is 16.9 Å². The summed E-state index contributed by atoms with van der Waals surface area (Å²) in [4.78, 5) is 19.5. The molecule has 2 heterocycles. The molecule has 3 rings (SSSR count). The monoisotopic (exact) mass is 313 g/mol. The average molecular weight is 313 g/mol. The van der Waals surface area contributed by atoms with Gasteiger partial charge in [-0.1, -0.05) is 0 Å². The summed E-state index contributed by atoms with van der Waals surface area (Å²) in [6.45, 7) is 4.41. The second kappa shape index (κ2) is 6.44. The van der Waals surface area contributed by atoms with Crippen molar-refractivity contribution >= 4 is 5.69 Å². The molecule has 2 N–H and O–H groups in total. The molecule has 5 heteroatoms. The van der Waals surface area contributed by atoms with Gasteiger partial charge in [-0.2, -0.15) is 0 Å². The fraction of sp³-hybridized carbons (Fsp3) is 0.444. The SMILES string of the molecule is COc1nc2c(cc1CNc1cc(C)c(C)[nH]c1=O)CCCC2. The molecule has 2 aromatic heterocycles. The predicted octanol–water partition coefficient (Wildman–Crippen LogP) is 2.89. The third-order valence-electron chi connectivity index (χ3n) is 4.50. The van der Waals surface area contributed by atoms with Crippen molar-refractivity contribution in [1.82, 2.24) is 9.97 Å². The van der Waals surface area contributed by atoms with Gasteiger partial charge in [0.2, 0.25) is 5.88 Å². The summed E-state index contributed by atoms with van der Waals surface area (Å²) in [6, 6.07) is 4.05. The Morgan fingerprint density at radius 1 is 1.26 bits per heavy atom. The molecule has 1 aliphatic rings. The van der Waals surface area contributed by atoms with Gasteiger partial charge in [0.1, 0.15) is 5.69 Å². The van der Waals surface area contributed by atoms with Gasteiger partial charge < -0.3 is 15.0 Å². The lowest BCUT2D eigenvalue weighted by molar-refractivity contribution is 0.390. The zero-order chi connectivity index (χ0) is 16.4. The first-order valence-corrected chi connectivity index (χ1v) is 8.08. The molecule has 2 aromatic rings. The number of aryl methyl sites for hydroxylation is 4. The number of methoxy groups -OCH3 is 1. The molecule has 0 bridgehead atoms. The zero-order valence-electron chi connectivity index (χ0n) is 14.0. The number of rotatable bonds is 4. The van der Waals surface area contributed by atoms with E-state index in [4.69, 9.17) is 4.74 Å². The van der Waals surface area contributed by atoms with Gasteiger partial charge in [0.05, 0.1) is 7.11 Å². The maximum Gasteiger partial charge on any atom is 0.271 e. The second-order valence-electron chi connectivity index (χ2n) is 6.14. The Labute approximate surface area is 136 Å². The van der Waals surface area contributed by atoms with E-state index in [0.717, 1.165) is 35.4 Å². The summed E-state index contributed by atoms with van der Waals surface area (Å²) in [6.07, 6.45) is 4.50. The third-order valence-corrected chi connectivity index (χ3v) is 4.50. The van der Waals surface area contributed by atoms with Gasteiger partial charge in [-0.05, 0) is 62.8 Å². The van der Waals surface area contributed by atoms with Gasteiger partial charge in [0.25, 0.3) is 5.56 Å². The van der Waals surface area contributed by atoms with Gasteiger partial charge >= 0.3 is 0 Å². The number of aromatic amines is 1. The van der Waals surface area contributed by atoms with Crippen LogP contribution in [0, 0.1) is 13.8 Å². The molecule has 0 amide bonds. The van der Waals surface area contributed by atoms with Crippen molar-refractivity contribution in [1.29, 1.82) is 0 Å². The first-order valence-electron chi connectivity index (χ1n) is 8.08. The Morgan fingerprint density at radius 2 is 2.04 bits per heavy atom. The molecule has 0 spiro atoms. The van der Waals surface area contributed by atoms with Crippen molar-refractivity contribution in [2.45, 2.75) is 46.1 Å². The Balaban J connectivity index is 1.85. The highest BCUT2D eigenvalue weighted by molar-refractivity contribution is 5.46. The molecule has 0 fully saturated rings. The molecule has 0 unspecified atom stereocenters. The number of anilines is 1. The quantitative estimate of drug-likeness (QED) is 0.911. The topological polar surface area (TPSA) is 67.0 Å². The standard InChI is InChI=1S/C18H23N3O2/c1-11-8-16(17(22)20-12(11)2)19-10-14-9-13-6-4-5-7-15(13)21-18(14)23-3/h8-9,19H,4-7,10H2,1-3H3,(H,20,22). The minimum atomic E-state index is -0.0991. The molecule has 23 heavy (non-hydrogen) atoms. The largest absolute Gasteiger partial charge is 0.481 e. The van der Waals surface area contributed by atoms with Crippen LogP contribution in [-0.2, 0) is 19.4 Å². The summed E-state index contributed by atoms with van der Waals surface area (Å²) in [5.41, 5.74) is 5.89. The Bertz CT molecular complexity index is 781. The molecule has 122 valence electrons. The minimum Gasteiger partial charge on any atom is -0.481 e. The Hall–Kier alpha value is -2.30. The van der Waals surface area contributed by atoms with Crippen LogP contribution in [0.5, 0.6) is 5.88 Å². The van der Waals surface area contributed by atoms with Crippen LogP contribution in [0.1, 0.15) is 40.9 Å². The van der Waals surface area contributed by atoms with Crippen molar-refractivity contribution in [3.05, 3.63) is 50.6 Å². The van der Waals surface area contributed by atoms with E-state index in [1.807, 2.05) is 19.9 Å². The predicted molar refractivity (Wildman–Crippen MR) is 91.3 cm³/mol. The summed E-state index contributed by atoms with van der Waals surface area (Å²) in [7, 11) is 1.64. The number of aromatic nitrogens is 2. The van der Waals surface area contributed by atoms with Crippen molar-refractivity contribution in [3.63, 3.8) is 0 Å². The number of pyridine rings is 2. The number of nitrogens with one attached hydrogen (secondary N) is 2. The van der Waals surface area contributed by atoms with E-state index < -0.39 is 0 Å². The lowest BCUT2D eigenvalue weighted by Gasteiger charge is -2.18. The van der Waals surface area contributed by atoms with Crippen LogP contribution >= 0.6 is 0 Å². The Kier molecular flexibility index (Phi) is 4.37. The molecule has 0 aliphatic heterocycles. The molecule has 0 saturated carbocycles. The molecule has 0 saturated heterocycles. The number of nitrogens with zero attached hydrogens (tertiary/aromatic N) is 1.